The van der Waals surface area contributed by atoms with E-state index in [1.54, 1.807) is 24.3 Å². The molecule has 0 atom stereocenters. The van der Waals surface area contributed by atoms with Gasteiger partial charge >= 0.3 is 5.97 Å². The number of rotatable bonds is 8. The van der Waals surface area contributed by atoms with Gasteiger partial charge in [0.1, 0.15) is 0 Å². The molecule has 0 saturated carbocycles. The van der Waals surface area contributed by atoms with Crippen molar-refractivity contribution in [3.63, 3.8) is 0 Å². The highest BCUT2D eigenvalue weighted by Crippen LogP contribution is 2.34. The van der Waals surface area contributed by atoms with E-state index in [0.29, 0.717) is 28.6 Å². The standard InChI is InChI=1S/C17H19NO6S/c1-3-24-12-7-6-11(9-13(12)23-2)10-14-16(21)18(17(22)25-14)8-4-5-15(19)20/h6-7,9-10H,3-5,8H2,1-2H3,(H,19,20)/b14-10-. The lowest BCUT2D eigenvalue weighted by atomic mass is 10.2. The fraction of sp³-hybridized carbons (Fsp3) is 0.353. The van der Waals surface area contributed by atoms with Gasteiger partial charge in [-0.3, -0.25) is 19.3 Å². The molecule has 8 heteroatoms. The van der Waals surface area contributed by atoms with Gasteiger partial charge in [0.05, 0.1) is 18.6 Å². The molecule has 1 aliphatic heterocycles. The van der Waals surface area contributed by atoms with Gasteiger partial charge in [-0.25, -0.2) is 0 Å². The van der Waals surface area contributed by atoms with Crippen LogP contribution in [0.4, 0.5) is 4.79 Å². The van der Waals surface area contributed by atoms with E-state index in [-0.39, 0.29) is 24.6 Å². The fourth-order valence-electron chi connectivity index (χ4n) is 2.28. The Morgan fingerprint density at radius 1 is 1.32 bits per heavy atom. The van der Waals surface area contributed by atoms with Gasteiger partial charge in [0.2, 0.25) is 0 Å². The molecule has 2 rings (SSSR count). The lowest BCUT2D eigenvalue weighted by molar-refractivity contribution is -0.137. The number of carboxylic acids is 1. The minimum absolute atomic E-state index is 0.0864. The van der Waals surface area contributed by atoms with E-state index in [2.05, 4.69) is 0 Å². The van der Waals surface area contributed by atoms with E-state index < -0.39 is 11.9 Å². The van der Waals surface area contributed by atoms with Crippen LogP contribution in [0.3, 0.4) is 0 Å². The van der Waals surface area contributed by atoms with Crippen LogP contribution in [0.2, 0.25) is 0 Å². The molecule has 0 bridgehead atoms. The zero-order valence-electron chi connectivity index (χ0n) is 14.0. The maximum absolute atomic E-state index is 12.3. The second kappa shape index (κ2) is 8.57. The molecule has 1 aliphatic rings. The third-order valence-electron chi connectivity index (χ3n) is 3.43. The molecule has 0 radical (unpaired) electrons. The van der Waals surface area contributed by atoms with Crippen LogP contribution in [0.1, 0.15) is 25.3 Å². The van der Waals surface area contributed by atoms with E-state index in [1.165, 1.54) is 7.11 Å². The number of carbonyl (C=O) groups is 3. The highest BCUT2D eigenvalue weighted by molar-refractivity contribution is 8.18. The molecule has 0 aromatic heterocycles. The average Bonchev–Trinajstić information content (AvgIpc) is 2.83. The Kier molecular flexibility index (Phi) is 6.46. The number of benzene rings is 1. The number of imide groups is 1. The topological polar surface area (TPSA) is 93.1 Å². The van der Waals surface area contributed by atoms with Crippen molar-refractivity contribution >= 4 is 35.0 Å². The van der Waals surface area contributed by atoms with Crippen molar-refractivity contribution in [3.8, 4) is 11.5 Å². The van der Waals surface area contributed by atoms with Crippen LogP contribution < -0.4 is 9.47 Å². The number of thioether (sulfide) groups is 1. The van der Waals surface area contributed by atoms with Crippen LogP contribution in [0.25, 0.3) is 6.08 Å². The summed E-state index contributed by atoms with van der Waals surface area (Å²) < 4.78 is 10.7. The molecule has 1 aromatic carbocycles. The maximum atomic E-state index is 12.3. The monoisotopic (exact) mass is 365 g/mol. The molecule has 1 fully saturated rings. The number of hydrogen-bond acceptors (Lipinski definition) is 6. The van der Waals surface area contributed by atoms with Crippen molar-refractivity contribution in [1.82, 2.24) is 4.90 Å². The molecule has 1 N–H and O–H groups in total. The molecular weight excluding hydrogens is 346 g/mol. The van der Waals surface area contributed by atoms with Crippen molar-refractivity contribution in [2.45, 2.75) is 19.8 Å². The van der Waals surface area contributed by atoms with Crippen molar-refractivity contribution in [2.75, 3.05) is 20.3 Å². The Morgan fingerprint density at radius 3 is 2.72 bits per heavy atom. The number of amides is 2. The van der Waals surface area contributed by atoms with Gasteiger partial charge in [0.25, 0.3) is 11.1 Å². The van der Waals surface area contributed by atoms with E-state index in [4.69, 9.17) is 14.6 Å². The predicted molar refractivity (Wildman–Crippen MR) is 93.7 cm³/mol. The molecule has 1 saturated heterocycles. The van der Waals surface area contributed by atoms with Crippen LogP contribution in [-0.2, 0) is 9.59 Å². The minimum atomic E-state index is -0.955. The van der Waals surface area contributed by atoms with Gasteiger partial charge in [0.15, 0.2) is 11.5 Å². The van der Waals surface area contributed by atoms with Crippen molar-refractivity contribution in [2.24, 2.45) is 0 Å². The zero-order chi connectivity index (χ0) is 18.4. The molecule has 25 heavy (non-hydrogen) atoms. The Hall–Kier alpha value is -2.48. The van der Waals surface area contributed by atoms with E-state index in [1.807, 2.05) is 6.92 Å². The number of hydrogen-bond donors (Lipinski definition) is 1. The first-order valence-electron chi connectivity index (χ1n) is 7.74. The molecule has 7 nitrogen and oxygen atoms in total. The van der Waals surface area contributed by atoms with E-state index in [9.17, 15) is 14.4 Å². The summed E-state index contributed by atoms with van der Waals surface area (Å²) in [5.41, 5.74) is 0.705. The summed E-state index contributed by atoms with van der Waals surface area (Å²) in [6.07, 6.45) is 1.76. The van der Waals surface area contributed by atoms with Crippen LogP contribution in [0, 0.1) is 0 Å². The number of carbonyl (C=O) groups excluding carboxylic acids is 2. The Balaban J connectivity index is 2.14. The third-order valence-corrected chi connectivity index (χ3v) is 4.34. The molecule has 2 amide bonds. The first-order valence-corrected chi connectivity index (χ1v) is 8.56. The highest BCUT2D eigenvalue weighted by atomic mass is 32.2. The van der Waals surface area contributed by atoms with E-state index >= 15 is 0 Å². The van der Waals surface area contributed by atoms with E-state index in [0.717, 1.165) is 16.7 Å². The van der Waals surface area contributed by atoms with Gasteiger partial charge < -0.3 is 14.6 Å². The lowest BCUT2D eigenvalue weighted by Crippen LogP contribution is -2.29. The summed E-state index contributed by atoms with van der Waals surface area (Å²) in [4.78, 5) is 36.2. The SMILES string of the molecule is CCOc1ccc(/C=C2\SC(=O)N(CCCC(=O)O)C2=O)cc1OC. The summed E-state index contributed by atoms with van der Waals surface area (Å²) in [5, 5.41) is 8.26. The molecule has 1 aromatic rings. The molecule has 0 aliphatic carbocycles. The molecule has 0 spiro atoms. The summed E-state index contributed by atoms with van der Waals surface area (Å²) in [6, 6.07) is 5.24. The quantitative estimate of drug-likeness (QED) is 0.708. The van der Waals surface area contributed by atoms with Gasteiger partial charge in [-0.05, 0) is 48.9 Å². The van der Waals surface area contributed by atoms with Crippen molar-refractivity contribution in [3.05, 3.63) is 28.7 Å². The number of aliphatic carboxylic acids is 1. The maximum Gasteiger partial charge on any atom is 0.303 e. The van der Waals surface area contributed by atoms with Crippen LogP contribution >= 0.6 is 11.8 Å². The molecule has 134 valence electrons. The highest BCUT2D eigenvalue weighted by Gasteiger charge is 2.34. The Labute approximate surface area is 149 Å². The number of nitrogens with zero attached hydrogens (tertiary/aromatic N) is 1. The predicted octanol–water partition coefficient (Wildman–Crippen LogP) is 3.00. The average molecular weight is 365 g/mol. The lowest BCUT2D eigenvalue weighted by Gasteiger charge is -2.11. The third kappa shape index (κ3) is 4.76. The largest absolute Gasteiger partial charge is 0.493 e. The first kappa shape index (κ1) is 18.9. The van der Waals surface area contributed by atoms with Gasteiger partial charge in [-0.2, -0.15) is 0 Å². The Bertz CT molecular complexity index is 715. The van der Waals surface area contributed by atoms with Crippen molar-refractivity contribution < 1.29 is 29.0 Å². The van der Waals surface area contributed by atoms with Gasteiger partial charge in [-0.15, -0.1) is 0 Å². The molecule has 1 heterocycles. The smallest absolute Gasteiger partial charge is 0.303 e. The summed E-state index contributed by atoms with van der Waals surface area (Å²) >= 11 is 0.842. The number of ether oxygens (including phenoxy) is 2. The Morgan fingerprint density at radius 2 is 2.08 bits per heavy atom. The normalized spacial score (nSPS) is 15.8. The first-order chi connectivity index (χ1) is 12.0. The fourth-order valence-corrected chi connectivity index (χ4v) is 3.15. The number of carboxylic acid groups (broad SMARTS) is 1. The van der Waals surface area contributed by atoms with Crippen LogP contribution in [0.5, 0.6) is 11.5 Å². The summed E-state index contributed by atoms with van der Waals surface area (Å²) in [7, 11) is 1.53. The minimum Gasteiger partial charge on any atom is -0.493 e. The van der Waals surface area contributed by atoms with Crippen molar-refractivity contribution in [1.29, 1.82) is 0 Å². The zero-order valence-corrected chi connectivity index (χ0v) is 14.8. The van der Waals surface area contributed by atoms with Gasteiger partial charge in [0, 0.05) is 13.0 Å². The molecular formula is C17H19NO6S. The van der Waals surface area contributed by atoms with Crippen LogP contribution in [-0.4, -0.2) is 47.4 Å². The van der Waals surface area contributed by atoms with Gasteiger partial charge in [-0.1, -0.05) is 6.07 Å². The second-order valence-corrected chi connectivity index (χ2v) is 6.17. The second-order valence-electron chi connectivity index (χ2n) is 5.17. The van der Waals surface area contributed by atoms with Crippen LogP contribution in [0.15, 0.2) is 23.1 Å². The summed E-state index contributed by atoms with van der Waals surface area (Å²) in [5.74, 6) is -0.225. The number of methoxy groups -OCH3 is 1. The summed E-state index contributed by atoms with van der Waals surface area (Å²) in [6.45, 7) is 2.47. The molecule has 0 unspecified atom stereocenters.